The van der Waals surface area contributed by atoms with Crippen LogP contribution in [0.4, 0.5) is 22.0 Å². The number of urea groups is 1. The molecular weight excluding hydrogens is 592 g/mol. The quantitative estimate of drug-likeness (QED) is 0.126. The van der Waals surface area contributed by atoms with Gasteiger partial charge in [0, 0.05) is 42.8 Å². The molecule has 43 heavy (non-hydrogen) atoms. The number of rotatable bonds is 12. The number of hydrogen-bond acceptors (Lipinski definition) is 7. The Labute approximate surface area is 258 Å². The third-order valence-corrected chi connectivity index (χ3v) is 7.49. The number of carbonyl (C=O) groups is 1. The van der Waals surface area contributed by atoms with E-state index in [4.69, 9.17) is 10.3 Å². The molecule has 1 saturated heterocycles. The monoisotopic (exact) mass is 628 g/mol. The molecule has 1 aliphatic rings. The molecule has 0 unspecified atom stereocenters. The number of anilines is 2. The van der Waals surface area contributed by atoms with E-state index >= 15 is 0 Å². The summed E-state index contributed by atoms with van der Waals surface area (Å²) in [5.74, 6) is 1.56. The zero-order chi connectivity index (χ0) is 30.0. The van der Waals surface area contributed by atoms with E-state index in [0.717, 1.165) is 51.6 Å². The zero-order valence-corrected chi connectivity index (χ0v) is 25.9. The number of pyridine rings is 1. The molecule has 1 aromatic heterocycles. The summed E-state index contributed by atoms with van der Waals surface area (Å²) in [5, 5.41) is 6.40. The molecule has 4 rings (SSSR count). The van der Waals surface area contributed by atoms with E-state index in [1.54, 1.807) is 36.4 Å². The van der Waals surface area contributed by atoms with Crippen molar-refractivity contribution < 1.29 is 17.9 Å². The Morgan fingerprint density at radius 3 is 2.26 bits per heavy atom. The number of amides is 2. The minimum atomic E-state index is -3.32. The van der Waals surface area contributed by atoms with Gasteiger partial charge in [-0.25, -0.2) is 13.2 Å². The van der Waals surface area contributed by atoms with Crippen LogP contribution >= 0.6 is 12.4 Å². The molecule has 12 nitrogen and oxygen atoms in total. The average Bonchev–Trinajstić information content (AvgIpc) is 2.96. The average molecular weight is 629 g/mol. The number of carbonyl (C=O) groups excluding carboxylic acids is 1. The van der Waals surface area contributed by atoms with Gasteiger partial charge < -0.3 is 15.0 Å². The van der Waals surface area contributed by atoms with Crippen LogP contribution in [0.1, 0.15) is 38.2 Å². The van der Waals surface area contributed by atoms with Crippen LogP contribution in [0.2, 0.25) is 0 Å². The molecule has 0 bridgehead atoms. The van der Waals surface area contributed by atoms with Gasteiger partial charge in [-0.05, 0) is 84.0 Å². The molecule has 2 N–H and O–H groups in total. The SMILES string of the molecule is CCCCN(C(=O)Nc1ccc(N=[N+]=[N-])nc1)C1CCN(Cc2ccc(Oc3ccc(NS(C)(=O)=O)cc3)cc2)CC1.Cl. The van der Waals surface area contributed by atoms with Crippen molar-refractivity contribution in [1.29, 1.82) is 0 Å². The second-order valence-electron chi connectivity index (χ2n) is 10.2. The van der Waals surface area contributed by atoms with E-state index in [-0.39, 0.29) is 30.3 Å². The highest BCUT2D eigenvalue weighted by atomic mass is 35.5. The van der Waals surface area contributed by atoms with E-state index in [1.165, 1.54) is 11.8 Å². The highest BCUT2D eigenvalue weighted by molar-refractivity contribution is 7.92. The van der Waals surface area contributed by atoms with Gasteiger partial charge in [0.2, 0.25) is 10.0 Å². The van der Waals surface area contributed by atoms with Crippen molar-refractivity contribution >= 4 is 45.7 Å². The number of hydrogen-bond donors (Lipinski definition) is 2. The smallest absolute Gasteiger partial charge is 0.322 e. The largest absolute Gasteiger partial charge is 0.457 e. The van der Waals surface area contributed by atoms with E-state index in [0.29, 0.717) is 29.4 Å². The minimum absolute atomic E-state index is 0. The molecule has 0 radical (unpaired) electrons. The summed E-state index contributed by atoms with van der Waals surface area (Å²) in [6.07, 6.45) is 6.30. The summed E-state index contributed by atoms with van der Waals surface area (Å²) >= 11 is 0. The molecule has 1 aliphatic heterocycles. The number of unbranched alkanes of at least 4 members (excludes halogenated alkanes) is 1. The third kappa shape index (κ3) is 10.6. The fourth-order valence-electron chi connectivity index (χ4n) is 4.79. The van der Waals surface area contributed by atoms with Gasteiger partial charge in [0.25, 0.3) is 0 Å². The topological polar surface area (TPSA) is 153 Å². The van der Waals surface area contributed by atoms with Gasteiger partial charge in [-0.1, -0.05) is 25.5 Å². The summed E-state index contributed by atoms with van der Waals surface area (Å²) in [7, 11) is -3.32. The molecule has 2 aromatic carbocycles. The summed E-state index contributed by atoms with van der Waals surface area (Å²) < 4.78 is 31.1. The Kier molecular flexibility index (Phi) is 12.4. The van der Waals surface area contributed by atoms with Crippen molar-refractivity contribution in [2.75, 3.05) is 35.9 Å². The maximum absolute atomic E-state index is 13.2. The molecular formula is C29H37ClN8O4S. The first-order chi connectivity index (χ1) is 20.2. The second kappa shape index (κ2) is 16.0. The molecule has 0 saturated carbocycles. The van der Waals surface area contributed by atoms with Gasteiger partial charge in [-0.2, -0.15) is 0 Å². The molecule has 1 fully saturated rings. The Hall–Kier alpha value is -4.03. The van der Waals surface area contributed by atoms with Crippen LogP contribution in [0.5, 0.6) is 11.5 Å². The predicted octanol–water partition coefficient (Wildman–Crippen LogP) is 6.91. The Bertz CT molecular complexity index is 1470. The number of nitrogens with zero attached hydrogens (tertiary/aromatic N) is 6. The standard InChI is InChI=1S/C29H36N8O4S.ClH/c1-3-4-17-37(29(38)32-24-9-14-28(31-20-24)33-35-30)25-15-18-36(19-16-25)21-22-5-10-26(11-6-22)41-27-12-7-23(8-13-27)34-42(2,39)40;/h5-14,20,25,34H,3-4,15-19,21H2,1-2H3,(H,32,38);1H. The van der Waals surface area contributed by atoms with Crippen molar-refractivity contribution in [3.63, 3.8) is 0 Å². The molecule has 0 atom stereocenters. The van der Waals surface area contributed by atoms with Gasteiger partial charge in [0.15, 0.2) is 0 Å². The van der Waals surface area contributed by atoms with Crippen LogP contribution in [0.15, 0.2) is 72.0 Å². The number of piperidine rings is 1. The summed E-state index contributed by atoms with van der Waals surface area (Å²) in [6.45, 7) is 5.38. The van der Waals surface area contributed by atoms with Gasteiger partial charge in [-0.3, -0.25) is 14.6 Å². The Morgan fingerprint density at radius 2 is 1.70 bits per heavy atom. The van der Waals surface area contributed by atoms with Crippen LogP contribution in [0.25, 0.3) is 10.4 Å². The second-order valence-corrected chi connectivity index (χ2v) is 12.0. The lowest BCUT2D eigenvalue weighted by molar-refractivity contribution is 0.122. The van der Waals surface area contributed by atoms with Crippen LogP contribution in [0, 0.1) is 0 Å². The van der Waals surface area contributed by atoms with E-state index in [2.05, 4.69) is 36.9 Å². The number of sulfonamides is 1. The maximum Gasteiger partial charge on any atom is 0.322 e. The maximum atomic E-state index is 13.2. The first-order valence-corrected chi connectivity index (χ1v) is 15.8. The van der Waals surface area contributed by atoms with E-state index in [1.807, 2.05) is 29.2 Å². The normalized spacial score (nSPS) is 13.7. The third-order valence-electron chi connectivity index (χ3n) is 6.88. The summed E-state index contributed by atoms with van der Waals surface area (Å²) in [4.78, 5) is 24.3. The number of aromatic nitrogens is 1. The Morgan fingerprint density at radius 1 is 1.07 bits per heavy atom. The van der Waals surface area contributed by atoms with Crippen molar-refractivity contribution in [1.82, 2.24) is 14.8 Å². The van der Waals surface area contributed by atoms with E-state index in [9.17, 15) is 13.2 Å². The number of azide groups is 1. The summed E-state index contributed by atoms with van der Waals surface area (Å²) in [5.41, 5.74) is 10.8. The fourth-order valence-corrected chi connectivity index (χ4v) is 5.35. The molecule has 0 aliphatic carbocycles. The van der Waals surface area contributed by atoms with Crippen molar-refractivity contribution in [3.8, 4) is 11.5 Å². The highest BCUT2D eigenvalue weighted by Gasteiger charge is 2.28. The number of nitrogens with one attached hydrogen (secondary N) is 2. The number of ether oxygens (including phenoxy) is 1. The van der Waals surface area contributed by atoms with Gasteiger partial charge in [-0.15, -0.1) is 12.4 Å². The molecule has 3 aromatic rings. The molecule has 14 heteroatoms. The summed E-state index contributed by atoms with van der Waals surface area (Å²) in [6, 6.07) is 17.9. The van der Waals surface area contributed by atoms with Crippen molar-refractivity contribution in [2.45, 2.75) is 45.2 Å². The highest BCUT2D eigenvalue weighted by Crippen LogP contribution is 2.25. The van der Waals surface area contributed by atoms with Crippen LogP contribution in [-0.2, 0) is 16.6 Å². The number of benzene rings is 2. The minimum Gasteiger partial charge on any atom is -0.457 e. The van der Waals surface area contributed by atoms with Gasteiger partial charge >= 0.3 is 6.03 Å². The van der Waals surface area contributed by atoms with Crippen LogP contribution in [0.3, 0.4) is 0 Å². The number of halogens is 1. The lowest BCUT2D eigenvalue weighted by Crippen LogP contribution is -2.49. The fraction of sp³-hybridized carbons (Fsp3) is 0.379. The molecule has 0 spiro atoms. The van der Waals surface area contributed by atoms with E-state index < -0.39 is 10.0 Å². The first-order valence-electron chi connectivity index (χ1n) is 13.9. The zero-order valence-electron chi connectivity index (χ0n) is 24.2. The van der Waals surface area contributed by atoms with Crippen LogP contribution < -0.4 is 14.8 Å². The lowest BCUT2D eigenvalue weighted by Gasteiger charge is -2.38. The Balaban J connectivity index is 0.00000506. The lowest BCUT2D eigenvalue weighted by atomic mass is 10.0. The van der Waals surface area contributed by atoms with Crippen LogP contribution in [-0.4, -0.2) is 61.2 Å². The molecule has 230 valence electrons. The van der Waals surface area contributed by atoms with Crippen molar-refractivity contribution in [3.05, 3.63) is 82.9 Å². The van der Waals surface area contributed by atoms with Gasteiger partial charge in [0.05, 0.1) is 18.1 Å². The predicted molar refractivity (Wildman–Crippen MR) is 171 cm³/mol. The number of likely N-dealkylation sites (tertiary alicyclic amines) is 1. The van der Waals surface area contributed by atoms with Gasteiger partial charge in [0.1, 0.15) is 17.3 Å². The first kappa shape index (κ1) is 33.5. The van der Waals surface area contributed by atoms with Crippen molar-refractivity contribution in [2.24, 2.45) is 5.11 Å². The molecule has 2 amide bonds. The molecule has 2 heterocycles.